The number of nitrogens with two attached hydrogens (primary N) is 1. The van der Waals surface area contributed by atoms with Gasteiger partial charge in [-0.05, 0) is 25.8 Å². The van der Waals surface area contributed by atoms with Crippen molar-refractivity contribution < 1.29 is 39.3 Å². The molecule has 1 aromatic carbocycles. The molecule has 0 heterocycles. The van der Waals surface area contributed by atoms with Crippen molar-refractivity contribution in [2.24, 2.45) is 5.73 Å². The van der Waals surface area contributed by atoms with E-state index in [0.29, 0.717) is 5.56 Å². The van der Waals surface area contributed by atoms with Gasteiger partial charge in [0.05, 0.1) is 12.1 Å². The van der Waals surface area contributed by atoms with E-state index in [2.05, 4.69) is 16.0 Å². The smallest absolute Gasteiger partial charge is 0.326 e. The standard InChI is InChI=1S/C21H30N4O8/c1-11(18(29)24-15(21(32)33)10-13-6-4-3-5-7-13)23-20(31)17(12(2)26)25-19(30)14(22)8-9-16(27)28/h3-7,11-12,14-15,17,26H,8-10,22H2,1-2H3,(H,23,31)(H,24,29)(H,25,30)(H,27,28)(H,32,33). The van der Waals surface area contributed by atoms with Crippen LogP contribution in [0.15, 0.2) is 30.3 Å². The van der Waals surface area contributed by atoms with Crippen LogP contribution in [0.4, 0.5) is 0 Å². The zero-order chi connectivity index (χ0) is 25.1. The molecule has 5 unspecified atom stereocenters. The number of carboxylic acid groups (broad SMARTS) is 2. The Hall–Kier alpha value is -3.51. The topological polar surface area (TPSA) is 208 Å². The molecule has 0 bridgehead atoms. The lowest BCUT2D eigenvalue weighted by molar-refractivity contribution is -0.142. The van der Waals surface area contributed by atoms with E-state index in [-0.39, 0.29) is 19.3 Å². The maximum absolute atomic E-state index is 12.5. The van der Waals surface area contributed by atoms with E-state index in [1.54, 1.807) is 30.3 Å². The van der Waals surface area contributed by atoms with Crippen LogP contribution in [0.2, 0.25) is 0 Å². The number of rotatable bonds is 13. The van der Waals surface area contributed by atoms with Gasteiger partial charge in [0.25, 0.3) is 0 Å². The van der Waals surface area contributed by atoms with Crippen LogP contribution < -0.4 is 21.7 Å². The maximum Gasteiger partial charge on any atom is 0.326 e. The van der Waals surface area contributed by atoms with Gasteiger partial charge in [-0.25, -0.2) is 4.79 Å². The third-order valence-corrected chi connectivity index (χ3v) is 4.72. The molecule has 1 rings (SSSR count). The average molecular weight is 466 g/mol. The van der Waals surface area contributed by atoms with Gasteiger partial charge >= 0.3 is 11.9 Å². The number of carboxylic acids is 2. The van der Waals surface area contributed by atoms with Crippen molar-refractivity contribution in [3.8, 4) is 0 Å². The Morgan fingerprint density at radius 3 is 2.03 bits per heavy atom. The molecule has 0 aliphatic carbocycles. The van der Waals surface area contributed by atoms with E-state index >= 15 is 0 Å². The molecule has 33 heavy (non-hydrogen) atoms. The first-order valence-electron chi connectivity index (χ1n) is 10.3. The number of aliphatic hydroxyl groups excluding tert-OH is 1. The number of amides is 3. The van der Waals surface area contributed by atoms with Gasteiger partial charge in [-0.15, -0.1) is 0 Å². The fourth-order valence-electron chi connectivity index (χ4n) is 2.79. The minimum Gasteiger partial charge on any atom is -0.481 e. The molecule has 0 radical (unpaired) electrons. The molecule has 0 aliphatic heterocycles. The largest absolute Gasteiger partial charge is 0.481 e. The van der Waals surface area contributed by atoms with Crippen molar-refractivity contribution in [2.75, 3.05) is 0 Å². The van der Waals surface area contributed by atoms with Crippen LogP contribution >= 0.6 is 0 Å². The van der Waals surface area contributed by atoms with Crippen LogP contribution in [0, 0.1) is 0 Å². The van der Waals surface area contributed by atoms with Crippen molar-refractivity contribution in [2.45, 2.75) is 63.4 Å². The summed E-state index contributed by atoms with van der Waals surface area (Å²) in [5.74, 6) is -4.92. The molecule has 5 atom stereocenters. The summed E-state index contributed by atoms with van der Waals surface area (Å²) in [5.41, 5.74) is 6.29. The number of hydrogen-bond acceptors (Lipinski definition) is 7. The van der Waals surface area contributed by atoms with Gasteiger partial charge in [0, 0.05) is 12.8 Å². The van der Waals surface area contributed by atoms with Gasteiger partial charge in [-0.3, -0.25) is 19.2 Å². The number of aliphatic carboxylic acids is 2. The summed E-state index contributed by atoms with van der Waals surface area (Å²) in [6.45, 7) is 2.55. The number of nitrogens with one attached hydrogen (secondary N) is 3. The summed E-state index contributed by atoms with van der Waals surface area (Å²) < 4.78 is 0. The molecule has 1 aromatic rings. The molecular weight excluding hydrogens is 436 g/mol. The van der Waals surface area contributed by atoms with Gasteiger partial charge < -0.3 is 37.0 Å². The van der Waals surface area contributed by atoms with Crippen LogP contribution in [-0.2, 0) is 30.4 Å². The number of carbonyl (C=O) groups excluding carboxylic acids is 3. The minimum absolute atomic E-state index is 0.0309. The summed E-state index contributed by atoms with van der Waals surface area (Å²) >= 11 is 0. The lowest BCUT2D eigenvalue weighted by atomic mass is 10.1. The third-order valence-electron chi connectivity index (χ3n) is 4.72. The monoisotopic (exact) mass is 466 g/mol. The zero-order valence-electron chi connectivity index (χ0n) is 18.4. The number of aliphatic hydroxyl groups is 1. The Balaban J connectivity index is 2.72. The molecule has 0 aliphatic rings. The summed E-state index contributed by atoms with van der Waals surface area (Å²) in [6.07, 6.45) is -1.86. The summed E-state index contributed by atoms with van der Waals surface area (Å²) in [6, 6.07) is 3.55. The first-order chi connectivity index (χ1) is 15.4. The van der Waals surface area contributed by atoms with Gasteiger partial charge in [0.1, 0.15) is 18.1 Å². The van der Waals surface area contributed by atoms with Crippen LogP contribution in [-0.4, -0.2) is 75.3 Å². The highest BCUT2D eigenvalue weighted by atomic mass is 16.4. The van der Waals surface area contributed by atoms with Crippen molar-refractivity contribution in [3.05, 3.63) is 35.9 Å². The Labute approximate surface area is 190 Å². The second kappa shape index (κ2) is 13.1. The van der Waals surface area contributed by atoms with E-state index < -0.39 is 59.9 Å². The SMILES string of the molecule is CC(NC(=O)C(NC(=O)C(N)CCC(=O)O)C(C)O)C(=O)NC(Cc1ccccc1)C(=O)O. The highest BCUT2D eigenvalue weighted by Gasteiger charge is 2.31. The lowest BCUT2D eigenvalue weighted by Crippen LogP contribution is -2.59. The fraction of sp³-hybridized carbons (Fsp3) is 0.476. The Bertz CT molecular complexity index is 846. The van der Waals surface area contributed by atoms with Gasteiger partial charge in [0.2, 0.25) is 17.7 Å². The number of carbonyl (C=O) groups is 5. The second-order valence-corrected chi connectivity index (χ2v) is 7.59. The minimum atomic E-state index is -1.47. The Morgan fingerprint density at radius 2 is 1.52 bits per heavy atom. The highest BCUT2D eigenvalue weighted by Crippen LogP contribution is 2.04. The molecule has 12 heteroatoms. The van der Waals surface area contributed by atoms with Gasteiger partial charge in [-0.2, -0.15) is 0 Å². The highest BCUT2D eigenvalue weighted by molar-refractivity contribution is 5.94. The Kier molecular flexibility index (Phi) is 11.0. The van der Waals surface area contributed by atoms with E-state index in [1.807, 2.05) is 0 Å². The quantitative estimate of drug-likeness (QED) is 0.178. The molecule has 8 N–H and O–H groups in total. The first kappa shape index (κ1) is 27.5. The molecule has 12 nitrogen and oxygen atoms in total. The summed E-state index contributed by atoms with van der Waals surface area (Å²) in [5, 5.41) is 34.8. The molecule has 0 aromatic heterocycles. The van der Waals surface area contributed by atoms with E-state index in [4.69, 9.17) is 10.8 Å². The first-order valence-corrected chi connectivity index (χ1v) is 10.3. The number of benzene rings is 1. The van der Waals surface area contributed by atoms with Crippen molar-refractivity contribution in [3.63, 3.8) is 0 Å². The normalized spacial score (nSPS) is 15.3. The molecule has 0 fully saturated rings. The molecule has 182 valence electrons. The maximum atomic E-state index is 12.5. The van der Waals surface area contributed by atoms with Gasteiger partial charge in [0.15, 0.2) is 0 Å². The van der Waals surface area contributed by atoms with E-state index in [9.17, 15) is 34.2 Å². The third kappa shape index (κ3) is 9.66. The summed E-state index contributed by atoms with van der Waals surface area (Å²) in [4.78, 5) is 59.2. The lowest BCUT2D eigenvalue weighted by Gasteiger charge is -2.25. The second-order valence-electron chi connectivity index (χ2n) is 7.59. The van der Waals surface area contributed by atoms with E-state index in [0.717, 1.165) is 0 Å². The van der Waals surface area contributed by atoms with Crippen molar-refractivity contribution >= 4 is 29.7 Å². The summed E-state index contributed by atoms with van der Waals surface area (Å²) in [7, 11) is 0. The fourth-order valence-corrected chi connectivity index (χ4v) is 2.79. The average Bonchev–Trinajstić information content (AvgIpc) is 2.75. The molecule has 3 amide bonds. The predicted molar refractivity (Wildman–Crippen MR) is 116 cm³/mol. The Morgan fingerprint density at radius 1 is 0.909 bits per heavy atom. The van der Waals surface area contributed by atoms with Crippen LogP contribution in [0.1, 0.15) is 32.3 Å². The molecular formula is C21H30N4O8. The van der Waals surface area contributed by atoms with E-state index in [1.165, 1.54) is 13.8 Å². The molecule has 0 spiro atoms. The number of hydrogen-bond donors (Lipinski definition) is 7. The molecule has 0 saturated carbocycles. The molecule has 0 saturated heterocycles. The zero-order valence-corrected chi connectivity index (χ0v) is 18.4. The van der Waals surface area contributed by atoms with Crippen LogP contribution in [0.25, 0.3) is 0 Å². The van der Waals surface area contributed by atoms with Crippen molar-refractivity contribution in [1.82, 2.24) is 16.0 Å². The van der Waals surface area contributed by atoms with Crippen LogP contribution in [0.3, 0.4) is 0 Å². The van der Waals surface area contributed by atoms with Crippen molar-refractivity contribution in [1.29, 1.82) is 0 Å². The van der Waals surface area contributed by atoms with Crippen LogP contribution in [0.5, 0.6) is 0 Å². The predicted octanol–water partition coefficient (Wildman–Crippen LogP) is -1.64. The van der Waals surface area contributed by atoms with Gasteiger partial charge in [-0.1, -0.05) is 30.3 Å².